The molecule has 0 aromatic heterocycles. The van der Waals surface area contributed by atoms with Crippen LogP contribution in [0.4, 0.5) is 0 Å². The molecule has 0 saturated carbocycles. The molecule has 1 aromatic rings. The number of nitrogens with zero attached hydrogens (tertiary/aromatic N) is 1. The lowest BCUT2D eigenvalue weighted by molar-refractivity contribution is -0.0873. The first-order valence-electron chi connectivity index (χ1n) is 6.63. The summed E-state index contributed by atoms with van der Waals surface area (Å²) in [4.78, 5) is 13.6. The Morgan fingerprint density at radius 3 is 2.68 bits per heavy atom. The van der Waals surface area contributed by atoms with Crippen molar-refractivity contribution in [2.24, 2.45) is 0 Å². The van der Waals surface area contributed by atoms with Crippen LogP contribution in [-0.4, -0.2) is 41.1 Å². The smallest absolute Gasteiger partial charge is 0.159 e. The molecule has 0 spiro atoms. The van der Waals surface area contributed by atoms with E-state index in [0.29, 0.717) is 31.8 Å². The fourth-order valence-corrected chi connectivity index (χ4v) is 2.49. The highest BCUT2D eigenvalue weighted by molar-refractivity contribution is 5.94. The highest BCUT2D eigenvalue weighted by Gasteiger charge is 2.36. The van der Waals surface area contributed by atoms with Crippen LogP contribution in [0.2, 0.25) is 0 Å². The lowest BCUT2D eigenvalue weighted by Crippen LogP contribution is -2.59. The summed E-state index contributed by atoms with van der Waals surface area (Å²) in [6.45, 7) is 7.95. The van der Waals surface area contributed by atoms with Crippen LogP contribution in [0.5, 0.6) is 5.75 Å². The molecule has 1 aliphatic heterocycles. The zero-order valence-corrected chi connectivity index (χ0v) is 11.8. The second kappa shape index (κ2) is 5.31. The Morgan fingerprint density at radius 2 is 2.16 bits per heavy atom. The van der Waals surface area contributed by atoms with Crippen LogP contribution in [0, 0.1) is 0 Å². The van der Waals surface area contributed by atoms with Gasteiger partial charge in [0.15, 0.2) is 5.78 Å². The van der Waals surface area contributed by atoms with Gasteiger partial charge in [-0.2, -0.15) is 0 Å². The molecule has 1 fully saturated rings. The SMILES string of the molecule is CCOc1ccc(C(C)=O)cc1CN1CC(C)(O)C1. The normalized spacial score (nSPS) is 17.9. The van der Waals surface area contributed by atoms with E-state index in [0.717, 1.165) is 11.3 Å². The van der Waals surface area contributed by atoms with Crippen molar-refractivity contribution in [1.82, 2.24) is 4.90 Å². The number of hydrogen-bond donors (Lipinski definition) is 1. The number of rotatable bonds is 5. The number of benzene rings is 1. The molecule has 2 rings (SSSR count). The second-order valence-electron chi connectivity index (χ2n) is 5.45. The van der Waals surface area contributed by atoms with Crippen LogP contribution in [0.1, 0.15) is 36.7 Å². The van der Waals surface area contributed by atoms with Gasteiger partial charge in [0.2, 0.25) is 0 Å². The van der Waals surface area contributed by atoms with Gasteiger partial charge in [-0.1, -0.05) is 0 Å². The molecule has 1 heterocycles. The van der Waals surface area contributed by atoms with Crippen molar-refractivity contribution >= 4 is 5.78 Å². The Bertz CT molecular complexity index is 474. The second-order valence-corrected chi connectivity index (χ2v) is 5.45. The zero-order valence-electron chi connectivity index (χ0n) is 11.8. The van der Waals surface area contributed by atoms with Crippen LogP contribution in [0.3, 0.4) is 0 Å². The van der Waals surface area contributed by atoms with Gasteiger partial charge in [-0.15, -0.1) is 0 Å². The summed E-state index contributed by atoms with van der Waals surface area (Å²) in [5.74, 6) is 0.874. The Labute approximate surface area is 114 Å². The molecule has 19 heavy (non-hydrogen) atoms. The van der Waals surface area contributed by atoms with Gasteiger partial charge in [0.05, 0.1) is 12.2 Å². The molecular weight excluding hydrogens is 242 g/mol. The molecule has 1 aliphatic rings. The van der Waals surface area contributed by atoms with Crippen molar-refractivity contribution in [3.63, 3.8) is 0 Å². The third kappa shape index (κ3) is 3.33. The maximum atomic E-state index is 11.4. The molecule has 0 bridgehead atoms. The summed E-state index contributed by atoms with van der Waals surface area (Å²) in [5, 5.41) is 9.75. The first-order chi connectivity index (χ1) is 8.91. The maximum absolute atomic E-state index is 11.4. The van der Waals surface area contributed by atoms with Gasteiger partial charge >= 0.3 is 0 Å². The number of carbonyl (C=O) groups is 1. The summed E-state index contributed by atoms with van der Waals surface area (Å²) in [6.07, 6.45) is 0. The molecule has 0 amide bonds. The predicted octanol–water partition coefficient (Wildman–Crippen LogP) is 1.85. The van der Waals surface area contributed by atoms with Gasteiger partial charge in [0, 0.05) is 30.8 Å². The summed E-state index contributed by atoms with van der Waals surface area (Å²) in [7, 11) is 0. The highest BCUT2D eigenvalue weighted by atomic mass is 16.5. The van der Waals surface area contributed by atoms with Gasteiger partial charge in [0.1, 0.15) is 5.75 Å². The average molecular weight is 263 g/mol. The molecule has 0 radical (unpaired) electrons. The molecule has 1 N–H and O–H groups in total. The monoisotopic (exact) mass is 263 g/mol. The van der Waals surface area contributed by atoms with E-state index < -0.39 is 5.60 Å². The fourth-order valence-electron chi connectivity index (χ4n) is 2.49. The summed E-state index contributed by atoms with van der Waals surface area (Å²) < 4.78 is 5.59. The Hall–Kier alpha value is -1.39. The Morgan fingerprint density at radius 1 is 1.47 bits per heavy atom. The lowest BCUT2D eigenvalue weighted by Gasteiger charge is -2.44. The van der Waals surface area contributed by atoms with E-state index in [-0.39, 0.29) is 5.78 Å². The summed E-state index contributed by atoms with van der Waals surface area (Å²) >= 11 is 0. The third-order valence-corrected chi connectivity index (χ3v) is 3.29. The maximum Gasteiger partial charge on any atom is 0.159 e. The number of ketones is 1. The Kier molecular flexibility index (Phi) is 3.92. The minimum atomic E-state index is -0.579. The number of hydrogen-bond acceptors (Lipinski definition) is 4. The van der Waals surface area contributed by atoms with Crippen molar-refractivity contribution < 1.29 is 14.6 Å². The van der Waals surface area contributed by atoms with E-state index in [4.69, 9.17) is 4.74 Å². The fraction of sp³-hybridized carbons (Fsp3) is 0.533. The van der Waals surface area contributed by atoms with Gasteiger partial charge in [-0.3, -0.25) is 9.69 Å². The third-order valence-electron chi connectivity index (χ3n) is 3.29. The van der Waals surface area contributed by atoms with Crippen LogP contribution in [0.15, 0.2) is 18.2 Å². The minimum Gasteiger partial charge on any atom is -0.494 e. The minimum absolute atomic E-state index is 0.0555. The number of β-amino-alcohol motifs (C(OH)–C–C–N with tert-alkyl or cyclic N) is 1. The predicted molar refractivity (Wildman–Crippen MR) is 73.5 cm³/mol. The van der Waals surface area contributed by atoms with Crippen LogP contribution in [0.25, 0.3) is 0 Å². The van der Waals surface area contributed by atoms with Crippen molar-refractivity contribution in [3.05, 3.63) is 29.3 Å². The van der Waals surface area contributed by atoms with E-state index >= 15 is 0 Å². The van der Waals surface area contributed by atoms with E-state index in [1.54, 1.807) is 13.0 Å². The number of ether oxygens (including phenoxy) is 1. The van der Waals surface area contributed by atoms with Crippen molar-refractivity contribution in [2.75, 3.05) is 19.7 Å². The van der Waals surface area contributed by atoms with Crippen LogP contribution in [-0.2, 0) is 6.54 Å². The van der Waals surface area contributed by atoms with Crippen molar-refractivity contribution in [2.45, 2.75) is 32.9 Å². The molecule has 4 heteroatoms. The molecule has 4 nitrogen and oxygen atoms in total. The molecular formula is C15H21NO3. The highest BCUT2D eigenvalue weighted by Crippen LogP contribution is 2.27. The number of likely N-dealkylation sites (tertiary alicyclic amines) is 1. The van der Waals surface area contributed by atoms with E-state index in [9.17, 15) is 9.90 Å². The number of carbonyl (C=O) groups excluding carboxylic acids is 1. The van der Waals surface area contributed by atoms with Gasteiger partial charge < -0.3 is 9.84 Å². The molecule has 1 saturated heterocycles. The summed E-state index contributed by atoms with van der Waals surface area (Å²) in [6, 6.07) is 5.54. The van der Waals surface area contributed by atoms with Crippen LogP contribution >= 0.6 is 0 Å². The van der Waals surface area contributed by atoms with Crippen molar-refractivity contribution in [3.8, 4) is 5.75 Å². The van der Waals surface area contributed by atoms with E-state index in [1.165, 1.54) is 0 Å². The van der Waals surface area contributed by atoms with E-state index in [1.807, 2.05) is 26.0 Å². The first-order valence-corrected chi connectivity index (χ1v) is 6.63. The molecule has 0 atom stereocenters. The Balaban J connectivity index is 2.16. The molecule has 1 aromatic carbocycles. The molecule has 104 valence electrons. The number of aliphatic hydroxyl groups is 1. The van der Waals surface area contributed by atoms with Crippen LogP contribution < -0.4 is 4.74 Å². The lowest BCUT2D eigenvalue weighted by atomic mass is 9.95. The zero-order chi connectivity index (χ0) is 14.0. The van der Waals surface area contributed by atoms with Gasteiger partial charge in [-0.05, 0) is 39.0 Å². The van der Waals surface area contributed by atoms with Crippen molar-refractivity contribution in [1.29, 1.82) is 0 Å². The quantitative estimate of drug-likeness (QED) is 0.824. The van der Waals surface area contributed by atoms with Gasteiger partial charge in [-0.25, -0.2) is 0 Å². The average Bonchev–Trinajstić information content (AvgIpc) is 2.29. The molecule has 0 aliphatic carbocycles. The van der Waals surface area contributed by atoms with E-state index in [2.05, 4.69) is 4.90 Å². The number of Topliss-reactive ketones (excluding diaryl/α,β-unsaturated/α-hetero) is 1. The molecule has 0 unspecified atom stereocenters. The topological polar surface area (TPSA) is 49.8 Å². The van der Waals surface area contributed by atoms with Gasteiger partial charge in [0.25, 0.3) is 0 Å². The summed E-state index contributed by atoms with van der Waals surface area (Å²) in [5.41, 5.74) is 1.13. The first kappa shape index (κ1) is 14.0. The standard InChI is InChI=1S/C15H21NO3/c1-4-19-14-6-5-12(11(2)17)7-13(14)8-16-9-15(3,18)10-16/h5-7,18H,4,8-10H2,1-3H3. The largest absolute Gasteiger partial charge is 0.494 e.